The molecule has 0 radical (unpaired) electrons. The van der Waals surface area contributed by atoms with Crippen molar-refractivity contribution in [3.05, 3.63) is 16.1 Å². The normalized spacial score (nSPS) is 13.4. The highest BCUT2D eigenvalue weighted by atomic mass is 32.1. The molecular weight excluding hydrogens is 208 g/mol. The third-order valence-corrected chi connectivity index (χ3v) is 3.12. The molecule has 1 aromatic rings. The highest BCUT2D eigenvalue weighted by Crippen LogP contribution is 2.28. The molecule has 0 aromatic carbocycles. The van der Waals surface area contributed by atoms with Crippen molar-refractivity contribution in [2.24, 2.45) is 11.7 Å². The van der Waals surface area contributed by atoms with E-state index in [-0.39, 0.29) is 6.10 Å². The van der Waals surface area contributed by atoms with Crippen LogP contribution in [0.4, 0.5) is 0 Å². The van der Waals surface area contributed by atoms with Crippen LogP contribution in [0, 0.1) is 5.92 Å². The molecule has 1 atom stereocenters. The van der Waals surface area contributed by atoms with Gasteiger partial charge in [-0.25, -0.2) is 4.98 Å². The molecule has 86 valence electrons. The predicted molar refractivity (Wildman–Crippen MR) is 64.1 cm³/mol. The molecule has 0 aliphatic carbocycles. The number of hydrogen-bond donors (Lipinski definition) is 1. The van der Waals surface area contributed by atoms with Gasteiger partial charge in [0, 0.05) is 18.4 Å². The predicted octanol–water partition coefficient (Wildman–Crippen LogP) is 2.38. The largest absolute Gasteiger partial charge is 0.371 e. The van der Waals surface area contributed by atoms with Crippen LogP contribution in [-0.4, -0.2) is 18.1 Å². The van der Waals surface area contributed by atoms with Crippen LogP contribution in [0.3, 0.4) is 0 Å². The first kappa shape index (κ1) is 12.6. The molecule has 0 saturated heterocycles. The van der Waals surface area contributed by atoms with Crippen LogP contribution in [0.15, 0.2) is 5.38 Å². The molecule has 3 nitrogen and oxygen atoms in total. The fraction of sp³-hybridized carbons (Fsp3) is 0.727. The molecule has 0 aliphatic rings. The zero-order chi connectivity index (χ0) is 11.3. The summed E-state index contributed by atoms with van der Waals surface area (Å²) in [5, 5.41) is 3.16. The van der Waals surface area contributed by atoms with Crippen molar-refractivity contribution in [1.82, 2.24) is 4.98 Å². The fourth-order valence-electron chi connectivity index (χ4n) is 1.44. The Labute approximate surface area is 95.7 Å². The molecule has 0 bridgehead atoms. The van der Waals surface area contributed by atoms with Crippen molar-refractivity contribution in [2.45, 2.75) is 33.3 Å². The van der Waals surface area contributed by atoms with Crippen molar-refractivity contribution in [2.75, 3.05) is 13.2 Å². The lowest BCUT2D eigenvalue weighted by Gasteiger charge is -2.17. The zero-order valence-corrected chi connectivity index (χ0v) is 10.5. The molecule has 0 aliphatic heterocycles. The summed E-state index contributed by atoms with van der Waals surface area (Å²) in [6.07, 6.45) is 0.986. The van der Waals surface area contributed by atoms with Gasteiger partial charge in [-0.05, 0) is 19.4 Å². The van der Waals surface area contributed by atoms with Gasteiger partial charge < -0.3 is 10.5 Å². The van der Waals surface area contributed by atoms with Crippen molar-refractivity contribution >= 4 is 11.3 Å². The van der Waals surface area contributed by atoms with E-state index in [0.29, 0.717) is 12.5 Å². The van der Waals surface area contributed by atoms with Crippen LogP contribution in [0.2, 0.25) is 0 Å². The quantitative estimate of drug-likeness (QED) is 0.813. The SMILES string of the molecule is CCOC(c1nc(CCN)cs1)C(C)C. The number of ether oxygens (including phenoxy) is 1. The van der Waals surface area contributed by atoms with Gasteiger partial charge in [-0.15, -0.1) is 11.3 Å². The minimum absolute atomic E-state index is 0.131. The summed E-state index contributed by atoms with van der Waals surface area (Å²) in [7, 11) is 0. The van der Waals surface area contributed by atoms with Crippen molar-refractivity contribution in [1.29, 1.82) is 0 Å². The van der Waals surface area contributed by atoms with E-state index in [1.54, 1.807) is 11.3 Å². The molecule has 1 rings (SSSR count). The Morgan fingerprint density at radius 3 is 2.80 bits per heavy atom. The van der Waals surface area contributed by atoms with E-state index in [1.165, 1.54) is 0 Å². The zero-order valence-electron chi connectivity index (χ0n) is 9.69. The molecule has 0 saturated carbocycles. The molecule has 1 aromatic heterocycles. The Hall–Kier alpha value is -0.450. The molecule has 4 heteroatoms. The lowest BCUT2D eigenvalue weighted by atomic mass is 10.1. The second-order valence-electron chi connectivity index (χ2n) is 3.84. The van der Waals surface area contributed by atoms with Crippen LogP contribution in [0.5, 0.6) is 0 Å². The lowest BCUT2D eigenvalue weighted by molar-refractivity contribution is 0.0292. The van der Waals surface area contributed by atoms with Gasteiger partial charge in [0.15, 0.2) is 0 Å². The van der Waals surface area contributed by atoms with Gasteiger partial charge in [-0.3, -0.25) is 0 Å². The maximum atomic E-state index is 5.70. The summed E-state index contributed by atoms with van der Waals surface area (Å²) in [5.74, 6) is 0.460. The second kappa shape index (κ2) is 6.20. The average molecular weight is 228 g/mol. The van der Waals surface area contributed by atoms with E-state index in [9.17, 15) is 0 Å². The van der Waals surface area contributed by atoms with Crippen LogP contribution in [0.25, 0.3) is 0 Å². The number of nitrogens with zero attached hydrogens (tertiary/aromatic N) is 1. The molecule has 0 spiro atoms. The van der Waals surface area contributed by atoms with E-state index >= 15 is 0 Å². The third kappa shape index (κ3) is 3.55. The topological polar surface area (TPSA) is 48.1 Å². The van der Waals surface area contributed by atoms with Crippen LogP contribution < -0.4 is 5.73 Å². The number of aromatic nitrogens is 1. The van der Waals surface area contributed by atoms with E-state index in [0.717, 1.165) is 23.7 Å². The molecule has 0 amide bonds. The van der Waals surface area contributed by atoms with Gasteiger partial charge in [0.1, 0.15) is 11.1 Å². The standard InChI is InChI=1S/C11H20N2OS/c1-4-14-10(8(2)3)11-13-9(5-6-12)7-15-11/h7-8,10H,4-6,12H2,1-3H3. The highest BCUT2D eigenvalue weighted by Gasteiger charge is 2.19. The maximum absolute atomic E-state index is 5.70. The van der Waals surface area contributed by atoms with E-state index < -0.39 is 0 Å². The smallest absolute Gasteiger partial charge is 0.122 e. The summed E-state index contributed by atoms with van der Waals surface area (Å²) >= 11 is 1.67. The summed E-state index contributed by atoms with van der Waals surface area (Å²) in [5.41, 5.74) is 6.58. The third-order valence-electron chi connectivity index (χ3n) is 2.17. The summed E-state index contributed by atoms with van der Waals surface area (Å²) < 4.78 is 5.70. The second-order valence-corrected chi connectivity index (χ2v) is 4.73. The van der Waals surface area contributed by atoms with Gasteiger partial charge >= 0.3 is 0 Å². The Kier molecular flexibility index (Phi) is 5.22. The Bertz CT molecular complexity index is 286. The first-order chi connectivity index (χ1) is 7.19. The monoisotopic (exact) mass is 228 g/mol. The van der Waals surface area contributed by atoms with Crippen molar-refractivity contribution in [3.63, 3.8) is 0 Å². The molecule has 1 heterocycles. The van der Waals surface area contributed by atoms with Crippen LogP contribution >= 0.6 is 11.3 Å². The van der Waals surface area contributed by atoms with Gasteiger partial charge in [0.2, 0.25) is 0 Å². The Balaban J connectivity index is 2.72. The highest BCUT2D eigenvalue weighted by molar-refractivity contribution is 7.09. The molecule has 2 N–H and O–H groups in total. The minimum Gasteiger partial charge on any atom is -0.371 e. The van der Waals surface area contributed by atoms with Crippen LogP contribution in [-0.2, 0) is 11.2 Å². The van der Waals surface area contributed by atoms with Gasteiger partial charge in [-0.2, -0.15) is 0 Å². The van der Waals surface area contributed by atoms with Crippen molar-refractivity contribution < 1.29 is 4.74 Å². The van der Waals surface area contributed by atoms with E-state index in [2.05, 4.69) is 24.2 Å². The van der Waals surface area contributed by atoms with Gasteiger partial charge in [-0.1, -0.05) is 13.8 Å². The van der Waals surface area contributed by atoms with Gasteiger partial charge in [0.05, 0.1) is 5.69 Å². The molecular formula is C11H20N2OS. The summed E-state index contributed by atoms with van der Waals surface area (Å²) in [6.45, 7) is 7.72. The minimum atomic E-state index is 0.131. The van der Waals surface area contributed by atoms with E-state index in [4.69, 9.17) is 10.5 Å². The summed E-state index contributed by atoms with van der Waals surface area (Å²) in [6, 6.07) is 0. The first-order valence-electron chi connectivity index (χ1n) is 5.45. The number of rotatable bonds is 6. The number of hydrogen-bond acceptors (Lipinski definition) is 4. The van der Waals surface area contributed by atoms with Gasteiger partial charge in [0.25, 0.3) is 0 Å². The maximum Gasteiger partial charge on any atom is 0.122 e. The Morgan fingerprint density at radius 2 is 2.27 bits per heavy atom. The summed E-state index contributed by atoms with van der Waals surface area (Å²) in [4.78, 5) is 4.55. The first-order valence-corrected chi connectivity index (χ1v) is 6.33. The van der Waals surface area contributed by atoms with E-state index in [1.807, 2.05) is 6.92 Å². The average Bonchev–Trinajstić information content (AvgIpc) is 2.62. The van der Waals surface area contributed by atoms with Crippen LogP contribution in [0.1, 0.15) is 37.6 Å². The molecule has 15 heavy (non-hydrogen) atoms. The lowest BCUT2D eigenvalue weighted by Crippen LogP contribution is -2.11. The number of thiazole rings is 1. The Morgan fingerprint density at radius 1 is 1.53 bits per heavy atom. The van der Waals surface area contributed by atoms with Crippen molar-refractivity contribution in [3.8, 4) is 0 Å². The molecule has 0 fully saturated rings. The number of nitrogens with two attached hydrogens (primary N) is 1. The molecule has 1 unspecified atom stereocenters. The fourth-order valence-corrected chi connectivity index (χ4v) is 2.52.